The molecule has 5 nitrogen and oxygen atoms in total. The summed E-state index contributed by atoms with van der Waals surface area (Å²) in [7, 11) is 0. The van der Waals surface area contributed by atoms with Gasteiger partial charge in [0.2, 0.25) is 0 Å². The van der Waals surface area contributed by atoms with Crippen molar-refractivity contribution in [2.24, 2.45) is 0 Å². The van der Waals surface area contributed by atoms with Gasteiger partial charge in [-0.2, -0.15) is 0 Å². The molecule has 1 aliphatic carbocycles. The lowest BCUT2D eigenvalue weighted by Gasteiger charge is -2.26. The van der Waals surface area contributed by atoms with Crippen molar-refractivity contribution in [3.05, 3.63) is 39.4 Å². The monoisotopic (exact) mass is 296 g/mol. The van der Waals surface area contributed by atoms with Gasteiger partial charge in [0.25, 0.3) is 11.6 Å². The number of halogens is 1. The molecule has 0 saturated heterocycles. The van der Waals surface area contributed by atoms with Crippen LogP contribution in [-0.2, 0) is 0 Å². The van der Waals surface area contributed by atoms with Crippen molar-refractivity contribution in [3.63, 3.8) is 0 Å². The topological polar surface area (TPSA) is 72.2 Å². The fraction of sp³-hybridized carbons (Fsp3) is 0.500. The average molecular weight is 297 g/mol. The summed E-state index contributed by atoms with van der Waals surface area (Å²) in [6.45, 7) is 1.60. The van der Waals surface area contributed by atoms with E-state index < -0.39 is 4.92 Å². The molecule has 6 heteroatoms. The van der Waals surface area contributed by atoms with Crippen LogP contribution in [0.15, 0.2) is 18.2 Å². The van der Waals surface area contributed by atoms with Crippen molar-refractivity contribution in [2.75, 3.05) is 0 Å². The second kappa shape index (κ2) is 6.22. The van der Waals surface area contributed by atoms with Gasteiger partial charge in [0.15, 0.2) is 0 Å². The van der Waals surface area contributed by atoms with E-state index in [4.69, 9.17) is 11.6 Å². The van der Waals surface area contributed by atoms with Crippen LogP contribution in [0.1, 0.15) is 41.6 Å². The maximum absolute atomic E-state index is 12.2. The maximum atomic E-state index is 12.2. The number of nitrogens with zero attached hydrogens (tertiary/aromatic N) is 1. The third-order valence-electron chi connectivity index (χ3n) is 3.74. The first kappa shape index (κ1) is 14.8. The summed E-state index contributed by atoms with van der Waals surface area (Å²) >= 11 is 6.03. The smallest absolute Gasteiger partial charge is 0.273 e. The Morgan fingerprint density at radius 1 is 1.35 bits per heavy atom. The van der Waals surface area contributed by atoms with E-state index in [-0.39, 0.29) is 23.0 Å². The van der Waals surface area contributed by atoms with Crippen molar-refractivity contribution in [1.82, 2.24) is 5.32 Å². The van der Waals surface area contributed by atoms with Gasteiger partial charge in [-0.15, -0.1) is 11.6 Å². The Bertz CT molecular complexity index is 525. The van der Waals surface area contributed by atoms with Crippen molar-refractivity contribution >= 4 is 23.2 Å². The molecule has 1 aromatic rings. The van der Waals surface area contributed by atoms with Gasteiger partial charge in [0.05, 0.1) is 4.92 Å². The number of nitro groups is 1. The van der Waals surface area contributed by atoms with Gasteiger partial charge >= 0.3 is 0 Å². The summed E-state index contributed by atoms with van der Waals surface area (Å²) in [5.41, 5.74) is 0.746. The van der Waals surface area contributed by atoms with E-state index >= 15 is 0 Å². The van der Waals surface area contributed by atoms with Crippen molar-refractivity contribution in [2.45, 2.75) is 44.0 Å². The van der Waals surface area contributed by atoms with Gasteiger partial charge in [0.1, 0.15) is 0 Å². The molecule has 1 amide bonds. The number of nitro benzene ring substituents is 1. The molecule has 1 aromatic carbocycles. The van der Waals surface area contributed by atoms with Gasteiger partial charge in [0, 0.05) is 28.6 Å². The molecule has 2 rings (SSSR count). The quantitative estimate of drug-likeness (QED) is 0.529. The lowest BCUT2D eigenvalue weighted by molar-refractivity contribution is -0.385. The van der Waals surface area contributed by atoms with Gasteiger partial charge < -0.3 is 5.32 Å². The number of nitrogens with one attached hydrogen (secondary N) is 1. The predicted molar refractivity (Wildman–Crippen MR) is 77.2 cm³/mol. The first-order valence-electron chi connectivity index (χ1n) is 6.68. The van der Waals surface area contributed by atoms with Crippen LogP contribution < -0.4 is 5.32 Å². The number of alkyl halides is 1. The molecule has 0 spiro atoms. The molecule has 1 N–H and O–H groups in total. The SMILES string of the molecule is Cc1c(C(=O)NC2CCC(Cl)CC2)cccc1[N+](=O)[O-]. The van der Waals surface area contributed by atoms with Gasteiger partial charge in [-0.25, -0.2) is 0 Å². The van der Waals surface area contributed by atoms with E-state index in [1.54, 1.807) is 13.0 Å². The molecule has 0 bridgehead atoms. The van der Waals surface area contributed by atoms with E-state index in [0.29, 0.717) is 11.1 Å². The molecule has 1 aliphatic rings. The zero-order chi connectivity index (χ0) is 14.7. The second-order valence-corrected chi connectivity index (χ2v) is 5.75. The standard InChI is InChI=1S/C14H17ClN2O3/c1-9-12(3-2-4-13(9)17(19)20)14(18)16-11-7-5-10(15)6-8-11/h2-4,10-11H,5-8H2,1H3,(H,16,18). The largest absolute Gasteiger partial charge is 0.349 e. The fourth-order valence-electron chi connectivity index (χ4n) is 2.53. The summed E-state index contributed by atoms with van der Waals surface area (Å²) in [5, 5.41) is 14.0. The van der Waals surface area contributed by atoms with E-state index in [9.17, 15) is 14.9 Å². The summed E-state index contributed by atoms with van der Waals surface area (Å²) in [6.07, 6.45) is 3.49. The molecule has 0 radical (unpaired) electrons. The summed E-state index contributed by atoms with van der Waals surface area (Å²) in [5.74, 6) is -0.246. The Kier molecular flexibility index (Phi) is 4.60. The molecule has 1 saturated carbocycles. The van der Waals surface area contributed by atoms with Crippen LogP contribution in [0.25, 0.3) is 0 Å². The van der Waals surface area contributed by atoms with Gasteiger partial charge in [-0.3, -0.25) is 14.9 Å². The normalized spacial score (nSPS) is 22.3. The Morgan fingerprint density at radius 2 is 2.00 bits per heavy atom. The molecule has 0 aliphatic heterocycles. The number of carbonyl (C=O) groups excluding carboxylic acids is 1. The van der Waals surface area contributed by atoms with Gasteiger partial charge in [-0.05, 0) is 38.7 Å². The summed E-state index contributed by atoms with van der Waals surface area (Å²) in [4.78, 5) is 22.6. The van der Waals surface area contributed by atoms with E-state index in [2.05, 4.69) is 5.32 Å². The lowest BCUT2D eigenvalue weighted by Crippen LogP contribution is -2.38. The lowest BCUT2D eigenvalue weighted by atomic mass is 9.94. The molecule has 0 atom stereocenters. The third kappa shape index (κ3) is 3.28. The molecule has 108 valence electrons. The van der Waals surface area contributed by atoms with Crippen LogP contribution in [0.2, 0.25) is 0 Å². The first-order chi connectivity index (χ1) is 9.49. The molecule has 0 unspecified atom stereocenters. The van der Waals surface area contributed by atoms with Crippen molar-refractivity contribution in [1.29, 1.82) is 0 Å². The number of carbonyl (C=O) groups is 1. The molecule has 20 heavy (non-hydrogen) atoms. The molecule has 0 aromatic heterocycles. The molecule has 0 heterocycles. The zero-order valence-corrected chi connectivity index (χ0v) is 12.0. The Morgan fingerprint density at radius 3 is 2.60 bits per heavy atom. The summed E-state index contributed by atoms with van der Waals surface area (Å²) in [6, 6.07) is 4.67. The van der Waals surface area contributed by atoms with Crippen LogP contribution in [0.4, 0.5) is 5.69 Å². The van der Waals surface area contributed by atoms with E-state index in [0.717, 1.165) is 25.7 Å². The van der Waals surface area contributed by atoms with Crippen LogP contribution in [0.3, 0.4) is 0 Å². The van der Waals surface area contributed by atoms with Crippen LogP contribution in [-0.4, -0.2) is 22.2 Å². The third-order valence-corrected chi connectivity index (χ3v) is 4.17. The van der Waals surface area contributed by atoms with Crippen LogP contribution >= 0.6 is 11.6 Å². The van der Waals surface area contributed by atoms with Crippen molar-refractivity contribution < 1.29 is 9.72 Å². The molecular weight excluding hydrogens is 280 g/mol. The average Bonchev–Trinajstić information content (AvgIpc) is 2.41. The zero-order valence-electron chi connectivity index (χ0n) is 11.3. The minimum Gasteiger partial charge on any atom is -0.349 e. The van der Waals surface area contributed by atoms with Gasteiger partial charge in [-0.1, -0.05) is 6.07 Å². The second-order valence-electron chi connectivity index (χ2n) is 5.13. The number of hydrogen-bond donors (Lipinski definition) is 1. The fourth-order valence-corrected chi connectivity index (χ4v) is 2.78. The summed E-state index contributed by atoms with van der Waals surface area (Å²) < 4.78 is 0. The minimum atomic E-state index is -0.467. The highest BCUT2D eigenvalue weighted by atomic mass is 35.5. The number of benzene rings is 1. The van der Waals surface area contributed by atoms with Crippen LogP contribution in [0.5, 0.6) is 0 Å². The number of hydrogen-bond acceptors (Lipinski definition) is 3. The minimum absolute atomic E-state index is 0.0258. The van der Waals surface area contributed by atoms with Crippen molar-refractivity contribution in [3.8, 4) is 0 Å². The number of rotatable bonds is 3. The highest BCUT2D eigenvalue weighted by molar-refractivity contribution is 6.20. The Labute approximate surface area is 122 Å². The van der Waals surface area contributed by atoms with Crippen LogP contribution in [0, 0.1) is 17.0 Å². The van der Waals surface area contributed by atoms with E-state index in [1.165, 1.54) is 12.1 Å². The molecule has 1 fully saturated rings. The Balaban J connectivity index is 2.10. The predicted octanol–water partition coefficient (Wildman–Crippen LogP) is 3.18. The first-order valence-corrected chi connectivity index (χ1v) is 7.11. The Hall–Kier alpha value is -1.62. The highest BCUT2D eigenvalue weighted by Gasteiger charge is 2.23. The number of amides is 1. The highest BCUT2D eigenvalue weighted by Crippen LogP contribution is 2.24. The molecular formula is C14H17ClN2O3. The van der Waals surface area contributed by atoms with E-state index in [1.807, 2.05) is 0 Å². The maximum Gasteiger partial charge on any atom is 0.273 e.